The first-order valence-corrected chi connectivity index (χ1v) is 10.8. The van der Waals surface area contributed by atoms with Crippen LogP contribution in [-0.4, -0.2) is 46.5 Å². The van der Waals surface area contributed by atoms with Crippen LogP contribution in [0.2, 0.25) is 0 Å². The molecular formula is C25H21F3N2O3. The zero-order valence-corrected chi connectivity index (χ0v) is 17.7. The summed E-state index contributed by atoms with van der Waals surface area (Å²) in [6.07, 6.45) is 6.44. The van der Waals surface area contributed by atoms with Crippen molar-refractivity contribution in [2.45, 2.75) is 43.6 Å². The summed E-state index contributed by atoms with van der Waals surface area (Å²) in [5.74, 6) is -0.431. The molecule has 5 rings (SSSR count). The zero-order valence-electron chi connectivity index (χ0n) is 17.7. The lowest BCUT2D eigenvalue weighted by molar-refractivity contribution is -0.142. The molecule has 2 amide bonds. The number of ether oxygens (including phenoxy) is 1. The Hall–Kier alpha value is -3.31. The summed E-state index contributed by atoms with van der Waals surface area (Å²) in [4.78, 5) is 29.3. The van der Waals surface area contributed by atoms with Gasteiger partial charge in [0.1, 0.15) is 23.7 Å². The van der Waals surface area contributed by atoms with Gasteiger partial charge in [0.25, 0.3) is 11.8 Å². The molecule has 8 heteroatoms. The minimum Gasteiger partial charge on any atom is -0.342 e. The van der Waals surface area contributed by atoms with Crippen LogP contribution in [0.5, 0.6) is 0 Å². The minimum absolute atomic E-state index is 0.0718. The first kappa shape index (κ1) is 21.5. The molecule has 3 heterocycles. The van der Waals surface area contributed by atoms with Crippen LogP contribution in [0, 0.1) is 29.8 Å². The lowest BCUT2D eigenvalue weighted by Crippen LogP contribution is -2.51. The van der Waals surface area contributed by atoms with E-state index in [1.54, 1.807) is 4.90 Å². The van der Waals surface area contributed by atoms with Gasteiger partial charge in [0.15, 0.2) is 5.60 Å². The first-order valence-electron chi connectivity index (χ1n) is 10.8. The van der Waals surface area contributed by atoms with Gasteiger partial charge in [-0.2, -0.15) is 0 Å². The third-order valence-corrected chi connectivity index (χ3v) is 6.81. The van der Waals surface area contributed by atoms with Gasteiger partial charge < -0.3 is 14.5 Å². The van der Waals surface area contributed by atoms with E-state index in [9.17, 15) is 22.8 Å². The highest BCUT2D eigenvalue weighted by molar-refractivity contribution is 5.95. The van der Waals surface area contributed by atoms with Crippen LogP contribution in [0.25, 0.3) is 0 Å². The van der Waals surface area contributed by atoms with Gasteiger partial charge in [0, 0.05) is 37.6 Å². The Balaban J connectivity index is 1.31. The molecule has 0 aliphatic carbocycles. The fourth-order valence-corrected chi connectivity index (χ4v) is 5.16. The van der Waals surface area contributed by atoms with Gasteiger partial charge in [-0.25, -0.2) is 13.2 Å². The maximum atomic E-state index is 14.3. The number of hydrogen-bond donors (Lipinski definition) is 0. The van der Waals surface area contributed by atoms with Crippen molar-refractivity contribution in [3.63, 3.8) is 0 Å². The third kappa shape index (κ3) is 3.57. The molecule has 33 heavy (non-hydrogen) atoms. The Morgan fingerprint density at radius 2 is 1.76 bits per heavy atom. The molecule has 0 aromatic heterocycles. The van der Waals surface area contributed by atoms with Crippen LogP contribution in [0.4, 0.5) is 13.2 Å². The Labute approximate surface area is 189 Å². The molecule has 3 aliphatic rings. The van der Waals surface area contributed by atoms with Gasteiger partial charge in [-0.3, -0.25) is 9.59 Å². The van der Waals surface area contributed by atoms with Gasteiger partial charge in [-0.15, -0.1) is 6.42 Å². The van der Waals surface area contributed by atoms with Crippen LogP contribution in [0.3, 0.4) is 0 Å². The largest absolute Gasteiger partial charge is 0.342 e. The monoisotopic (exact) mass is 454 g/mol. The van der Waals surface area contributed by atoms with E-state index < -0.39 is 41.2 Å². The fourth-order valence-electron chi connectivity index (χ4n) is 5.16. The van der Waals surface area contributed by atoms with Crippen LogP contribution < -0.4 is 0 Å². The number of likely N-dealkylation sites (tertiary alicyclic amines) is 1. The normalized spacial score (nSPS) is 23.6. The number of rotatable bonds is 2. The van der Waals surface area contributed by atoms with Gasteiger partial charge in [-0.05, 0) is 48.7 Å². The Morgan fingerprint density at radius 1 is 1.06 bits per heavy atom. The Kier molecular flexibility index (Phi) is 5.17. The van der Waals surface area contributed by atoms with Crippen LogP contribution >= 0.6 is 0 Å². The van der Waals surface area contributed by atoms with E-state index in [2.05, 4.69) is 5.92 Å². The lowest BCUT2D eigenvalue weighted by Gasteiger charge is -2.37. The second-order valence-corrected chi connectivity index (χ2v) is 8.71. The van der Waals surface area contributed by atoms with Crippen molar-refractivity contribution in [1.29, 1.82) is 0 Å². The van der Waals surface area contributed by atoms with Gasteiger partial charge in [0.2, 0.25) is 0 Å². The van der Waals surface area contributed by atoms with Crippen molar-refractivity contribution in [1.82, 2.24) is 9.80 Å². The van der Waals surface area contributed by atoms with Gasteiger partial charge in [0.05, 0.1) is 11.6 Å². The molecule has 2 aromatic rings. The number of carbonyl (C=O) groups is 2. The number of fused-ring (bicyclic) bond motifs is 1. The highest BCUT2D eigenvalue weighted by atomic mass is 19.1. The quantitative estimate of drug-likeness (QED) is 0.649. The predicted octanol–water partition coefficient (Wildman–Crippen LogP) is 3.78. The third-order valence-electron chi connectivity index (χ3n) is 6.81. The summed E-state index contributed by atoms with van der Waals surface area (Å²) in [6, 6.07) is 6.85. The maximum absolute atomic E-state index is 14.3. The number of halogens is 3. The average Bonchev–Trinajstić information content (AvgIpc) is 3.31. The molecule has 2 aromatic carbocycles. The minimum atomic E-state index is -1.09. The maximum Gasteiger partial charge on any atom is 0.257 e. The summed E-state index contributed by atoms with van der Waals surface area (Å²) in [5.41, 5.74) is -0.405. The van der Waals surface area contributed by atoms with Crippen molar-refractivity contribution in [2.75, 3.05) is 13.1 Å². The zero-order chi connectivity index (χ0) is 23.3. The number of hydrogen-bond acceptors (Lipinski definition) is 3. The number of nitrogens with zero attached hydrogens (tertiary/aromatic N) is 2. The molecular weight excluding hydrogens is 433 g/mol. The van der Waals surface area contributed by atoms with Crippen molar-refractivity contribution < 1.29 is 27.5 Å². The molecule has 0 unspecified atom stereocenters. The summed E-state index contributed by atoms with van der Waals surface area (Å²) in [6.45, 7) is 0.446. The Bertz CT molecular complexity index is 1160. The molecule has 3 saturated heterocycles. The Morgan fingerprint density at radius 3 is 2.39 bits per heavy atom. The topological polar surface area (TPSA) is 49.9 Å². The predicted molar refractivity (Wildman–Crippen MR) is 112 cm³/mol. The molecule has 0 N–H and O–H groups in total. The smallest absolute Gasteiger partial charge is 0.257 e. The molecule has 0 radical (unpaired) electrons. The summed E-state index contributed by atoms with van der Waals surface area (Å²) in [5, 5.41) is 0. The van der Waals surface area contributed by atoms with E-state index in [0.717, 1.165) is 12.1 Å². The molecule has 3 aliphatic heterocycles. The van der Waals surface area contributed by atoms with Crippen LogP contribution in [0.1, 0.15) is 53.2 Å². The number of carbonyl (C=O) groups excluding carboxylic acids is 2. The summed E-state index contributed by atoms with van der Waals surface area (Å²) < 4.78 is 48.0. The molecule has 3 fully saturated rings. The van der Waals surface area contributed by atoms with E-state index in [1.807, 2.05) is 0 Å². The number of piperidine rings is 1. The number of amides is 2. The van der Waals surface area contributed by atoms with Crippen molar-refractivity contribution in [2.24, 2.45) is 0 Å². The standard InChI is InChI=1S/C25H21F3N2O3/c1-2-15-3-4-19(20(28)11-15)23(31)29-9-7-25(8-10-29)24(32)30-21(5-6-22(30)33-25)16-12-17(26)14-18(27)13-16/h1,3-4,11-14,21-22H,5-10H2/t21-,22+/m0/s1. The molecule has 0 bridgehead atoms. The molecule has 170 valence electrons. The summed E-state index contributed by atoms with van der Waals surface area (Å²) in [7, 11) is 0. The highest BCUT2D eigenvalue weighted by Crippen LogP contribution is 2.47. The molecule has 0 saturated carbocycles. The van der Waals surface area contributed by atoms with Crippen LogP contribution in [0.15, 0.2) is 36.4 Å². The summed E-state index contributed by atoms with van der Waals surface area (Å²) >= 11 is 0. The molecule has 1 spiro atoms. The van der Waals surface area contributed by atoms with E-state index in [0.29, 0.717) is 24.0 Å². The van der Waals surface area contributed by atoms with E-state index in [1.165, 1.54) is 29.2 Å². The number of benzene rings is 2. The second-order valence-electron chi connectivity index (χ2n) is 8.71. The van der Waals surface area contributed by atoms with Gasteiger partial charge in [-0.1, -0.05) is 5.92 Å². The SMILES string of the molecule is C#Cc1ccc(C(=O)N2CCC3(CC2)O[C@@H]2CC[C@@H](c4cc(F)cc(F)c4)N2C3=O)c(F)c1. The molecule has 5 nitrogen and oxygen atoms in total. The second kappa shape index (κ2) is 7.92. The van der Waals surface area contributed by atoms with Crippen molar-refractivity contribution >= 4 is 11.8 Å². The molecule has 2 atom stereocenters. The van der Waals surface area contributed by atoms with Crippen molar-refractivity contribution in [3.05, 3.63) is 70.5 Å². The first-order chi connectivity index (χ1) is 15.8. The van der Waals surface area contributed by atoms with E-state index in [4.69, 9.17) is 11.2 Å². The average molecular weight is 454 g/mol. The van der Waals surface area contributed by atoms with Gasteiger partial charge >= 0.3 is 0 Å². The fraction of sp³-hybridized carbons (Fsp3) is 0.360. The van der Waals surface area contributed by atoms with Crippen LogP contribution in [-0.2, 0) is 9.53 Å². The van der Waals surface area contributed by atoms with Crippen molar-refractivity contribution in [3.8, 4) is 12.3 Å². The number of terminal acetylenes is 1. The lowest BCUT2D eigenvalue weighted by atomic mass is 9.89. The van der Waals surface area contributed by atoms with E-state index in [-0.39, 0.29) is 37.4 Å². The van der Waals surface area contributed by atoms with E-state index >= 15 is 0 Å². The highest BCUT2D eigenvalue weighted by Gasteiger charge is 2.58.